The summed E-state index contributed by atoms with van der Waals surface area (Å²) in [7, 11) is -17.4. The van der Waals surface area contributed by atoms with E-state index in [1.54, 1.807) is 13.8 Å². The van der Waals surface area contributed by atoms with E-state index in [0.717, 1.165) is 36.4 Å². The number of hydrogen-bond acceptors (Lipinski definition) is 9. The average molecular weight is 780 g/mol. The molecule has 1 N–H and O–H groups in total. The van der Waals surface area contributed by atoms with Gasteiger partial charge in [-0.1, -0.05) is 3.97 Å². The lowest BCUT2D eigenvalue weighted by Crippen LogP contribution is -2.54. The molecule has 49 heavy (non-hydrogen) atoms. The van der Waals surface area contributed by atoms with Gasteiger partial charge < -0.3 is 0 Å². The molecule has 0 amide bonds. The number of alkyl halides is 9. The van der Waals surface area contributed by atoms with E-state index in [2.05, 4.69) is 0 Å². The van der Waals surface area contributed by atoms with Crippen LogP contribution in [0.25, 0.3) is 12.2 Å². The smallest absolute Gasteiger partial charge is 0.294 e. The first-order valence-corrected chi connectivity index (χ1v) is 17.3. The third-order valence-electron chi connectivity index (χ3n) is 5.95. The van der Waals surface area contributed by atoms with Crippen molar-refractivity contribution in [2.24, 2.45) is 5.92 Å². The number of aromatic nitrogens is 2. The highest BCUT2D eigenvalue weighted by molar-refractivity contribution is 7.86. The summed E-state index contributed by atoms with van der Waals surface area (Å²) in [6, 6.07) is 4.64. The molecule has 0 radical (unpaired) electrons. The van der Waals surface area contributed by atoms with E-state index in [4.69, 9.17) is 13.0 Å². The van der Waals surface area contributed by atoms with Gasteiger partial charge in [-0.2, -0.15) is 64.8 Å². The maximum absolute atomic E-state index is 13.3. The molecule has 0 spiro atoms. The summed E-state index contributed by atoms with van der Waals surface area (Å²) in [6.07, 6.45) is 5.68. The van der Waals surface area contributed by atoms with Crippen LogP contribution in [0.3, 0.4) is 0 Å². The van der Waals surface area contributed by atoms with Crippen molar-refractivity contribution in [1.82, 2.24) is 0 Å². The molecule has 2 aromatic heterocycles. The van der Waals surface area contributed by atoms with Crippen LogP contribution in [0.4, 0.5) is 45.3 Å². The molecule has 0 aliphatic heterocycles. The standard InChI is InChI=1S/C24H25F6N3O6S2.CHF3O3S/c1-4-31(5-2)22-13-10-19(16-33(22)41(38,39)24(28,29)30)9-12-21(35)17(3)20(34)11-8-18-7-6-14-32(15-18)40(36,37)23(25,26)27;2-1(3,4)8(5,6)7/h6-17H,4-5H2,1-3H3;(H,5,6,7)/q+2;/b11-8+,12-9+;. The van der Waals surface area contributed by atoms with Gasteiger partial charge in [0.1, 0.15) is 6.20 Å². The molecule has 0 saturated heterocycles. The molecule has 0 saturated carbocycles. The number of nitrogens with zero attached hydrogens (tertiary/aromatic N) is 3. The summed E-state index contributed by atoms with van der Waals surface area (Å²) in [6.45, 7) is 4.83. The van der Waals surface area contributed by atoms with Gasteiger partial charge in [0.25, 0.3) is 5.82 Å². The SMILES string of the molecule is CCN(CC)c1ccc(/C=C/C(=O)C(C)C(=O)/C=C/c2ccc[n+](S(=O)(=O)C(F)(F)F)c2)c[n+]1S(=O)(=O)C(F)(F)F.O=S(=O)(O)C(F)(F)F. The van der Waals surface area contributed by atoms with Gasteiger partial charge in [0.2, 0.25) is 0 Å². The molecule has 24 heteroatoms. The summed E-state index contributed by atoms with van der Waals surface area (Å²) < 4.78 is 183. The number of ketones is 2. The molecule has 1 unspecified atom stereocenters. The van der Waals surface area contributed by atoms with E-state index in [1.807, 2.05) is 0 Å². The van der Waals surface area contributed by atoms with Gasteiger partial charge in [-0.3, -0.25) is 19.0 Å². The van der Waals surface area contributed by atoms with Crippen LogP contribution in [0.2, 0.25) is 0 Å². The second-order valence-corrected chi connectivity index (χ2v) is 14.3. The van der Waals surface area contributed by atoms with Gasteiger partial charge >= 0.3 is 46.7 Å². The van der Waals surface area contributed by atoms with Crippen molar-refractivity contribution in [1.29, 1.82) is 0 Å². The molecule has 0 aliphatic carbocycles. The quantitative estimate of drug-likeness (QED) is 0.0892. The first kappa shape index (κ1) is 43.1. The normalized spacial score (nSPS) is 14.0. The molecule has 12 nitrogen and oxygen atoms in total. The van der Waals surface area contributed by atoms with Crippen LogP contribution in [0.15, 0.2) is 55.0 Å². The largest absolute Gasteiger partial charge is 0.560 e. The predicted molar refractivity (Wildman–Crippen MR) is 152 cm³/mol. The maximum Gasteiger partial charge on any atom is 0.560 e. The van der Waals surface area contributed by atoms with Crippen molar-refractivity contribution < 1.29 is 86.9 Å². The minimum Gasteiger partial charge on any atom is -0.294 e. The second-order valence-electron chi connectivity index (χ2n) is 9.27. The zero-order valence-electron chi connectivity index (χ0n) is 25.0. The maximum atomic E-state index is 13.3. The van der Waals surface area contributed by atoms with Gasteiger partial charge in [-0.25, -0.2) is 0 Å². The van der Waals surface area contributed by atoms with Gasteiger partial charge in [0.05, 0.1) is 19.0 Å². The Morgan fingerprint density at radius 1 is 0.755 bits per heavy atom. The fourth-order valence-corrected chi connectivity index (χ4v) is 4.95. The Morgan fingerprint density at radius 2 is 1.18 bits per heavy atom. The fraction of sp³-hybridized carbons (Fsp3) is 0.360. The van der Waals surface area contributed by atoms with Crippen LogP contribution >= 0.6 is 0 Å². The topological polar surface area (TPSA) is 168 Å². The number of hydrogen-bond donors (Lipinski definition) is 1. The second kappa shape index (κ2) is 15.8. The van der Waals surface area contributed by atoms with E-state index in [0.29, 0.717) is 18.6 Å². The van der Waals surface area contributed by atoms with E-state index < -0.39 is 64.2 Å². The highest BCUT2D eigenvalue weighted by atomic mass is 32.2. The summed E-state index contributed by atoms with van der Waals surface area (Å²) in [5.41, 5.74) is -16.9. The lowest BCUT2D eigenvalue weighted by molar-refractivity contribution is -0.518. The zero-order chi connectivity index (χ0) is 38.4. The van der Waals surface area contributed by atoms with Crippen molar-refractivity contribution in [2.75, 3.05) is 18.0 Å². The monoisotopic (exact) mass is 779 g/mol. The van der Waals surface area contributed by atoms with Crippen LogP contribution in [0, 0.1) is 5.92 Å². The Morgan fingerprint density at radius 3 is 1.57 bits per heavy atom. The van der Waals surface area contributed by atoms with Crippen molar-refractivity contribution in [3.63, 3.8) is 0 Å². The minimum atomic E-state index is -5.84. The van der Waals surface area contributed by atoms with Crippen LogP contribution in [0.5, 0.6) is 0 Å². The van der Waals surface area contributed by atoms with Gasteiger partial charge in [0, 0.05) is 23.3 Å². The predicted octanol–water partition coefficient (Wildman–Crippen LogP) is 3.40. The Kier molecular flexibility index (Phi) is 13.9. The molecule has 2 rings (SSSR count). The van der Waals surface area contributed by atoms with Crippen LogP contribution < -0.4 is 12.8 Å². The van der Waals surface area contributed by atoms with Gasteiger partial charge in [-0.05, 0) is 57.2 Å². The van der Waals surface area contributed by atoms with Crippen LogP contribution in [0.1, 0.15) is 31.9 Å². The van der Waals surface area contributed by atoms with Gasteiger partial charge in [-0.15, -0.1) is 3.97 Å². The van der Waals surface area contributed by atoms with Crippen molar-refractivity contribution in [2.45, 2.75) is 37.3 Å². The van der Waals surface area contributed by atoms with Crippen molar-refractivity contribution in [3.05, 3.63) is 66.1 Å². The summed E-state index contributed by atoms with van der Waals surface area (Å²) >= 11 is 0. The number of allylic oxidation sites excluding steroid dienone is 2. The van der Waals surface area contributed by atoms with E-state index in [9.17, 15) is 65.9 Å². The first-order valence-electron chi connectivity index (χ1n) is 13.0. The average Bonchev–Trinajstić information content (AvgIpc) is 2.97. The number of pyridine rings is 2. The van der Waals surface area contributed by atoms with Crippen molar-refractivity contribution in [3.8, 4) is 0 Å². The lowest BCUT2D eigenvalue weighted by atomic mass is 9.99. The van der Waals surface area contributed by atoms with E-state index in [-0.39, 0.29) is 38.0 Å². The van der Waals surface area contributed by atoms with E-state index in [1.165, 1.54) is 24.0 Å². The molecule has 0 aromatic carbocycles. The van der Waals surface area contributed by atoms with E-state index >= 15 is 0 Å². The lowest BCUT2D eigenvalue weighted by Gasteiger charge is -2.17. The number of carbonyl (C=O) groups excluding carboxylic acids is 2. The Labute approximate surface area is 273 Å². The fourth-order valence-electron chi connectivity index (χ4n) is 3.31. The molecule has 2 heterocycles. The highest BCUT2D eigenvalue weighted by Crippen LogP contribution is 2.25. The Bertz CT molecular complexity index is 1920. The van der Waals surface area contributed by atoms with Crippen LogP contribution in [-0.4, -0.2) is 71.0 Å². The number of halogens is 9. The highest BCUT2D eigenvalue weighted by Gasteiger charge is 2.54. The molecular weight excluding hydrogens is 753 g/mol. The van der Waals surface area contributed by atoms with Crippen molar-refractivity contribution >= 4 is 59.7 Å². The van der Waals surface area contributed by atoms with Crippen LogP contribution in [-0.2, 0) is 39.8 Å². The number of rotatable bonds is 11. The summed E-state index contributed by atoms with van der Waals surface area (Å²) in [5, 5.41) is 0. The molecule has 0 bridgehead atoms. The Balaban J connectivity index is 0.00000133. The molecule has 274 valence electrons. The molecule has 1 atom stereocenters. The number of anilines is 1. The first-order chi connectivity index (χ1) is 22.0. The minimum absolute atomic E-state index is 0.0621. The molecule has 2 aromatic rings. The molecule has 0 aliphatic rings. The summed E-state index contributed by atoms with van der Waals surface area (Å²) in [4.78, 5) is 26.3. The Hall–Kier alpha value is -3.90. The molecule has 0 fully saturated rings. The number of carbonyl (C=O) groups is 2. The van der Waals surface area contributed by atoms with Gasteiger partial charge in [0.15, 0.2) is 24.0 Å². The molecular formula is C25H26F9N3O9S3+2. The third kappa shape index (κ3) is 11.1. The zero-order valence-corrected chi connectivity index (χ0v) is 27.5. The summed E-state index contributed by atoms with van der Waals surface area (Å²) in [5.74, 6) is -3.24. The third-order valence-corrected chi connectivity index (χ3v) is 9.30.